The predicted octanol–water partition coefficient (Wildman–Crippen LogP) is 0.114. The minimum Gasteiger partial charge on any atom is -0.354 e. The lowest BCUT2D eigenvalue weighted by Crippen LogP contribution is -2.54. The first kappa shape index (κ1) is 15.7. The Morgan fingerprint density at radius 2 is 1.90 bits per heavy atom. The molecule has 1 unspecified atom stereocenters. The lowest BCUT2D eigenvalue weighted by atomic mass is 9.81. The van der Waals surface area contributed by atoms with Crippen LogP contribution in [0.4, 0.5) is 0 Å². The van der Waals surface area contributed by atoms with Crippen molar-refractivity contribution in [2.75, 3.05) is 46.8 Å². The fourth-order valence-corrected chi connectivity index (χ4v) is 3.34. The Hall–Kier alpha value is -0.650. The third-order valence-corrected chi connectivity index (χ3v) is 5.04. The minimum absolute atomic E-state index is 0.212. The zero-order valence-electron chi connectivity index (χ0n) is 13.0. The largest absolute Gasteiger partial charge is 0.354 e. The molecule has 1 saturated carbocycles. The van der Waals surface area contributed by atoms with Gasteiger partial charge >= 0.3 is 0 Å². The quantitative estimate of drug-likeness (QED) is 0.768. The molecule has 1 saturated heterocycles. The SMILES string of the molecule is CN1CCN(C)C(CNC(=O)C2CCC(CN)CC2)C1. The van der Waals surface area contributed by atoms with Gasteiger partial charge in [0.15, 0.2) is 0 Å². The molecule has 0 radical (unpaired) electrons. The average molecular weight is 282 g/mol. The van der Waals surface area contributed by atoms with Gasteiger partial charge in [-0.25, -0.2) is 0 Å². The number of hydrogen-bond donors (Lipinski definition) is 2. The van der Waals surface area contributed by atoms with Gasteiger partial charge < -0.3 is 16.0 Å². The number of likely N-dealkylation sites (N-methyl/N-ethyl adjacent to an activating group) is 2. The summed E-state index contributed by atoms with van der Waals surface area (Å²) in [6.07, 6.45) is 4.24. The molecule has 3 N–H and O–H groups in total. The average Bonchev–Trinajstić information content (AvgIpc) is 2.48. The molecule has 5 heteroatoms. The highest BCUT2D eigenvalue weighted by Gasteiger charge is 2.27. The summed E-state index contributed by atoms with van der Waals surface area (Å²) in [6, 6.07) is 0.443. The molecule has 1 heterocycles. The van der Waals surface area contributed by atoms with Crippen LogP contribution >= 0.6 is 0 Å². The fraction of sp³-hybridized carbons (Fsp3) is 0.933. The van der Waals surface area contributed by atoms with E-state index in [4.69, 9.17) is 5.73 Å². The molecule has 1 amide bonds. The van der Waals surface area contributed by atoms with Crippen LogP contribution in [0, 0.1) is 11.8 Å². The van der Waals surface area contributed by atoms with Crippen LogP contribution in [0.3, 0.4) is 0 Å². The highest BCUT2D eigenvalue weighted by Crippen LogP contribution is 2.28. The van der Waals surface area contributed by atoms with Crippen molar-refractivity contribution in [1.29, 1.82) is 0 Å². The van der Waals surface area contributed by atoms with Gasteiger partial charge in [-0.15, -0.1) is 0 Å². The van der Waals surface area contributed by atoms with Crippen LogP contribution in [-0.4, -0.2) is 68.6 Å². The van der Waals surface area contributed by atoms with Crippen molar-refractivity contribution in [3.63, 3.8) is 0 Å². The predicted molar refractivity (Wildman–Crippen MR) is 81.4 cm³/mol. The van der Waals surface area contributed by atoms with E-state index in [1.807, 2.05) is 0 Å². The maximum absolute atomic E-state index is 12.2. The summed E-state index contributed by atoms with van der Waals surface area (Å²) in [4.78, 5) is 16.9. The molecule has 0 bridgehead atoms. The molecule has 20 heavy (non-hydrogen) atoms. The van der Waals surface area contributed by atoms with Gasteiger partial charge in [0, 0.05) is 38.1 Å². The van der Waals surface area contributed by atoms with Gasteiger partial charge in [0.2, 0.25) is 5.91 Å². The Morgan fingerprint density at radius 3 is 2.55 bits per heavy atom. The smallest absolute Gasteiger partial charge is 0.223 e. The molecule has 2 rings (SSSR count). The molecule has 1 aliphatic carbocycles. The van der Waals surface area contributed by atoms with Crippen molar-refractivity contribution in [3.8, 4) is 0 Å². The Balaban J connectivity index is 1.72. The highest BCUT2D eigenvalue weighted by atomic mass is 16.1. The second-order valence-corrected chi connectivity index (χ2v) is 6.60. The topological polar surface area (TPSA) is 61.6 Å². The Kier molecular flexibility index (Phi) is 5.81. The summed E-state index contributed by atoms with van der Waals surface area (Å²) in [5, 5.41) is 3.17. The highest BCUT2D eigenvalue weighted by molar-refractivity contribution is 5.78. The first-order valence-electron chi connectivity index (χ1n) is 7.96. The third kappa shape index (κ3) is 4.17. The van der Waals surface area contributed by atoms with E-state index < -0.39 is 0 Å². The van der Waals surface area contributed by atoms with Gasteiger partial charge in [0.25, 0.3) is 0 Å². The van der Waals surface area contributed by atoms with E-state index in [1.54, 1.807) is 0 Å². The van der Waals surface area contributed by atoms with Crippen LogP contribution in [0.1, 0.15) is 25.7 Å². The van der Waals surface area contributed by atoms with Gasteiger partial charge in [-0.1, -0.05) is 0 Å². The van der Waals surface area contributed by atoms with Gasteiger partial charge in [-0.05, 0) is 52.2 Å². The maximum atomic E-state index is 12.2. The van der Waals surface area contributed by atoms with E-state index >= 15 is 0 Å². The number of hydrogen-bond acceptors (Lipinski definition) is 4. The normalized spacial score (nSPS) is 33.0. The van der Waals surface area contributed by atoms with Crippen LogP contribution in [0.2, 0.25) is 0 Å². The minimum atomic E-state index is 0.212. The molecule has 2 fully saturated rings. The Bertz CT molecular complexity index is 315. The summed E-state index contributed by atoms with van der Waals surface area (Å²) >= 11 is 0. The standard InChI is InChI=1S/C15H30N4O/c1-18-7-8-19(2)14(11-18)10-17-15(20)13-5-3-12(9-16)4-6-13/h12-14H,3-11,16H2,1-2H3,(H,17,20). The molecular weight excluding hydrogens is 252 g/mol. The molecule has 1 aliphatic heterocycles. The van der Waals surface area contributed by atoms with Gasteiger partial charge in [0.05, 0.1) is 0 Å². The monoisotopic (exact) mass is 282 g/mol. The number of piperazine rings is 1. The van der Waals surface area contributed by atoms with Crippen LogP contribution in [0.5, 0.6) is 0 Å². The van der Waals surface area contributed by atoms with E-state index in [-0.39, 0.29) is 11.8 Å². The Labute approximate surface area is 122 Å². The number of nitrogens with zero attached hydrogens (tertiary/aromatic N) is 2. The fourth-order valence-electron chi connectivity index (χ4n) is 3.34. The number of carbonyl (C=O) groups excluding carboxylic acids is 1. The number of nitrogens with two attached hydrogens (primary N) is 1. The second-order valence-electron chi connectivity index (χ2n) is 6.60. The van der Waals surface area contributed by atoms with E-state index in [0.29, 0.717) is 12.0 Å². The van der Waals surface area contributed by atoms with E-state index in [9.17, 15) is 4.79 Å². The van der Waals surface area contributed by atoms with E-state index in [0.717, 1.165) is 58.4 Å². The van der Waals surface area contributed by atoms with Crippen molar-refractivity contribution in [2.45, 2.75) is 31.7 Å². The number of amides is 1. The summed E-state index contributed by atoms with van der Waals surface area (Å²) in [5.41, 5.74) is 5.70. The molecule has 0 aromatic carbocycles. The molecule has 0 aromatic heterocycles. The molecule has 5 nitrogen and oxygen atoms in total. The summed E-state index contributed by atoms with van der Waals surface area (Å²) < 4.78 is 0. The lowest BCUT2D eigenvalue weighted by molar-refractivity contribution is -0.126. The van der Waals surface area contributed by atoms with Crippen molar-refractivity contribution >= 4 is 5.91 Å². The number of rotatable bonds is 4. The number of carbonyl (C=O) groups is 1. The molecule has 0 aromatic rings. The number of nitrogens with one attached hydrogen (secondary N) is 1. The third-order valence-electron chi connectivity index (χ3n) is 5.04. The molecule has 1 atom stereocenters. The summed E-state index contributed by atoms with van der Waals surface area (Å²) in [6.45, 7) is 4.78. The lowest BCUT2D eigenvalue weighted by Gasteiger charge is -2.38. The van der Waals surface area contributed by atoms with Crippen LogP contribution in [0.15, 0.2) is 0 Å². The van der Waals surface area contributed by atoms with E-state index in [1.165, 1.54) is 0 Å². The summed E-state index contributed by atoms with van der Waals surface area (Å²) in [5.74, 6) is 1.10. The summed E-state index contributed by atoms with van der Waals surface area (Å²) in [7, 11) is 4.30. The van der Waals surface area contributed by atoms with Gasteiger partial charge in [-0.3, -0.25) is 9.69 Å². The maximum Gasteiger partial charge on any atom is 0.223 e. The first-order chi connectivity index (χ1) is 9.60. The van der Waals surface area contributed by atoms with E-state index in [2.05, 4.69) is 29.2 Å². The van der Waals surface area contributed by atoms with Crippen LogP contribution < -0.4 is 11.1 Å². The molecule has 116 valence electrons. The van der Waals surface area contributed by atoms with Crippen LogP contribution in [-0.2, 0) is 4.79 Å². The van der Waals surface area contributed by atoms with Gasteiger partial charge in [-0.2, -0.15) is 0 Å². The molecule has 2 aliphatic rings. The first-order valence-corrected chi connectivity index (χ1v) is 7.96. The molecule has 0 spiro atoms. The van der Waals surface area contributed by atoms with Gasteiger partial charge in [0.1, 0.15) is 0 Å². The zero-order chi connectivity index (χ0) is 14.5. The van der Waals surface area contributed by atoms with Crippen molar-refractivity contribution in [3.05, 3.63) is 0 Å². The van der Waals surface area contributed by atoms with Crippen molar-refractivity contribution in [1.82, 2.24) is 15.1 Å². The van der Waals surface area contributed by atoms with Crippen LogP contribution in [0.25, 0.3) is 0 Å². The second kappa shape index (κ2) is 7.38. The Morgan fingerprint density at radius 1 is 1.20 bits per heavy atom. The molecular formula is C15H30N4O. The zero-order valence-corrected chi connectivity index (χ0v) is 13.0. The van der Waals surface area contributed by atoms with Crippen molar-refractivity contribution in [2.24, 2.45) is 17.6 Å². The van der Waals surface area contributed by atoms with Crippen molar-refractivity contribution < 1.29 is 4.79 Å².